The van der Waals surface area contributed by atoms with E-state index in [-0.39, 0.29) is 29.6 Å². The van der Waals surface area contributed by atoms with Gasteiger partial charge in [-0.15, -0.1) is 0 Å². The van der Waals surface area contributed by atoms with Crippen LogP contribution in [0.25, 0.3) is 0 Å². The lowest BCUT2D eigenvalue weighted by molar-refractivity contribution is -0.194. The largest absolute Gasteiger partial charge is 0.462 e. The molecule has 198 valence electrons. The summed E-state index contributed by atoms with van der Waals surface area (Å²) in [5.41, 5.74) is 0.606. The van der Waals surface area contributed by atoms with Crippen LogP contribution in [0, 0.1) is 11.8 Å². The number of ether oxygens (including phenoxy) is 7. The first-order chi connectivity index (χ1) is 17.0. The van der Waals surface area contributed by atoms with Crippen molar-refractivity contribution >= 4 is 17.9 Å². The van der Waals surface area contributed by atoms with Gasteiger partial charge < -0.3 is 33.2 Å². The number of hydrogen-bond acceptors (Lipinski definition) is 10. The molecule has 10 heteroatoms. The first-order valence-corrected chi connectivity index (χ1v) is 12.5. The summed E-state index contributed by atoms with van der Waals surface area (Å²) in [4.78, 5) is 36.2. The molecule has 10 nitrogen and oxygen atoms in total. The fourth-order valence-electron chi connectivity index (χ4n) is 6.01. The van der Waals surface area contributed by atoms with Crippen molar-refractivity contribution in [1.29, 1.82) is 0 Å². The molecule has 0 bridgehead atoms. The lowest BCUT2D eigenvalue weighted by Gasteiger charge is -2.43. The summed E-state index contributed by atoms with van der Waals surface area (Å²) in [6.07, 6.45) is 2.59. The first-order valence-electron chi connectivity index (χ1n) is 12.5. The van der Waals surface area contributed by atoms with Crippen molar-refractivity contribution in [3.63, 3.8) is 0 Å². The zero-order valence-electron chi connectivity index (χ0n) is 21.3. The van der Waals surface area contributed by atoms with E-state index < -0.39 is 42.0 Å². The number of fused-ring (bicyclic) bond motifs is 4. The van der Waals surface area contributed by atoms with E-state index in [1.54, 1.807) is 6.08 Å². The van der Waals surface area contributed by atoms with Gasteiger partial charge >= 0.3 is 17.9 Å². The van der Waals surface area contributed by atoms with Gasteiger partial charge in [0.1, 0.15) is 17.3 Å². The molecule has 0 N–H and O–H groups in total. The third kappa shape index (κ3) is 4.90. The molecule has 9 atom stereocenters. The lowest BCUT2D eigenvalue weighted by atomic mass is 9.71. The highest BCUT2D eigenvalue weighted by Crippen LogP contribution is 2.59. The van der Waals surface area contributed by atoms with Crippen molar-refractivity contribution in [2.45, 2.75) is 95.8 Å². The van der Waals surface area contributed by atoms with Gasteiger partial charge in [0.05, 0.1) is 31.5 Å². The topological polar surface area (TPSA) is 126 Å². The molecule has 0 amide bonds. The number of carbonyl (C=O) groups is 3. The van der Waals surface area contributed by atoms with Crippen molar-refractivity contribution in [2.24, 2.45) is 11.8 Å². The number of rotatable bonds is 6. The summed E-state index contributed by atoms with van der Waals surface area (Å²) in [5.74, 6) is -2.11. The molecule has 0 aromatic carbocycles. The second-order valence-corrected chi connectivity index (χ2v) is 10.8. The Bertz CT molecular complexity index is 987. The predicted molar refractivity (Wildman–Crippen MR) is 122 cm³/mol. The van der Waals surface area contributed by atoms with Gasteiger partial charge in [-0.1, -0.05) is 5.57 Å². The van der Waals surface area contributed by atoms with Crippen LogP contribution in [-0.2, 0) is 47.5 Å². The van der Waals surface area contributed by atoms with Crippen LogP contribution in [0.15, 0.2) is 23.5 Å². The molecule has 5 aliphatic rings. The van der Waals surface area contributed by atoms with Crippen LogP contribution in [0.3, 0.4) is 0 Å². The zero-order valence-corrected chi connectivity index (χ0v) is 21.3. The van der Waals surface area contributed by atoms with Gasteiger partial charge in [0.25, 0.3) is 0 Å². The fourth-order valence-corrected chi connectivity index (χ4v) is 6.01. The summed E-state index contributed by atoms with van der Waals surface area (Å²) < 4.78 is 41.0. The van der Waals surface area contributed by atoms with Crippen LogP contribution >= 0.6 is 0 Å². The molecule has 1 aliphatic carbocycles. The normalized spacial score (nSPS) is 39.4. The molecule has 2 spiro atoms. The molecule has 4 fully saturated rings. The Balaban J connectivity index is 1.56. The van der Waals surface area contributed by atoms with Crippen molar-refractivity contribution in [3.8, 4) is 0 Å². The van der Waals surface area contributed by atoms with E-state index in [1.165, 1.54) is 27.0 Å². The Hall–Kier alpha value is -2.43. The van der Waals surface area contributed by atoms with Crippen LogP contribution in [-0.4, -0.2) is 73.0 Å². The van der Waals surface area contributed by atoms with Gasteiger partial charge in [-0.05, 0) is 38.7 Å². The fraction of sp³-hybridized carbons (Fsp3) is 0.731. The third-order valence-corrected chi connectivity index (χ3v) is 7.66. The number of allylic oxidation sites excluding steroid dienone is 1. The van der Waals surface area contributed by atoms with Crippen molar-refractivity contribution in [2.75, 3.05) is 13.2 Å². The maximum Gasteiger partial charge on any atom is 0.305 e. The number of carbonyl (C=O) groups excluding carboxylic acids is 3. The van der Waals surface area contributed by atoms with Gasteiger partial charge in [0, 0.05) is 32.8 Å². The Labute approximate surface area is 210 Å². The minimum Gasteiger partial charge on any atom is -0.462 e. The van der Waals surface area contributed by atoms with E-state index in [4.69, 9.17) is 33.2 Å². The molecule has 36 heavy (non-hydrogen) atoms. The Morgan fingerprint density at radius 3 is 2.22 bits per heavy atom. The Kier molecular flexibility index (Phi) is 6.41. The molecule has 5 rings (SSSR count). The summed E-state index contributed by atoms with van der Waals surface area (Å²) in [5, 5.41) is 0. The lowest BCUT2D eigenvalue weighted by Crippen LogP contribution is -2.50. The van der Waals surface area contributed by atoms with E-state index in [0.717, 1.165) is 5.57 Å². The average Bonchev–Trinajstić information content (AvgIpc) is 3.64. The first kappa shape index (κ1) is 25.2. The smallest absolute Gasteiger partial charge is 0.305 e. The van der Waals surface area contributed by atoms with Crippen LogP contribution < -0.4 is 0 Å². The average molecular weight is 507 g/mol. The summed E-state index contributed by atoms with van der Waals surface area (Å²) in [7, 11) is 0. The van der Waals surface area contributed by atoms with Gasteiger partial charge in [0.2, 0.25) is 6.29 Å². The van der Waals surface area contributed by atoms with E-state index in [1.807, 2.05) is 13.8 Å². The van der Waals surface area contributed by atoms with E-state index >= 15 is 0 Å². The SMILES string of the molecule is CC(=O)OC(C=C(C)C)C(OC(C)=O)C1=CO[C@H](OC(C)=O)[C@@H]2[C@@H]1CC[C@@]1(CO1)[C@H]1O[C@@H]1C[C@@]21CO1. The van der Waals surface area contributed by atoms with Crippen LogP contribution in [0.2, 0.25) is 0 Å². The van der Waals surface area contributed by atoms with Crippen LogP contribution in [0.1, 0.15) is 53.9 Å². The van der Waals surface area contributed by atoms with Crippen LogP contribution in [0.4, 0.5) is 0 Å². The van der Waals surface area contributed by atoms with Gasteiger partial charge in [-0.2, -0.15) is 0 Å². The minimum atomic E-state index is -0.925. The predicted octanol–water partition coefficient (Wildman–Crippen LogP) is 2.34. The molecular weight excluding hydrogens is 472 g/mol. The number of epoxide rings is 3. The van der Waals surface area contributed by atoms with Crippen molar-refractivity contribution in [1.82, 2.24) is 0 Å². The molecular formula is C26H34O10. The molecule has 3 saturated heterocycles. The summed E-state index contributed by atoms with van der Waals surface area (Å²) >= 11 is 0. The summed E-state index contributed by atoms with van der Waals surface area (Å²) in [6, 6.07) is 0. The van der Waals surface area contributed by atoms with Gasteiger partial charge in [0.15, 0.2) is 12.2 Å². The highest BCUT2D eigenvalue weighted by molar-refractivity contribution is 5.68. The third-order valence-electron chi connectivity index (χ3n) is 7.66. The van der Waals surface area contributed by atoms with E-state index in [9.17, 15) is 14.4 Å². The highest BCUT2D eigenvalue weighted by Gasteiger charge is 2.70. The van der Waals surface area contributed by atoms with Crippen molar-refractivity contribution in [3.05, 3.63) is 23.5 Å². The monoisotopic (exact) mass is 506 g/mol. The molecule has 4 heterocycles. The van der Waals surface area contributed by atoms with E-state index in [2.05, 4.69) is 0 Å². The number of esters is 3. The highest BCUT2D eigenvalue weighted by atomic mass is 16.7. The standard InChI is InChI=1S/C26H34O10/c1-13(2)8-19(33-14(3)27)22(34-15(4)28)18-10-30-24(35-16(5)29)21-17(18)6-7-25(11-31-25)23-20(36-23)9-26(21)12-32-26/h8,10,17,19-24H,6-7,9,11-12H2,1-5H3/t17-,19?,20-,21+,22?,23+,24-,25-,26-/m1/s1. The molecule has 4 aliphatic heterocycles. The minimum absolute atomic E-state index is 0.00446. The summed E-state index contributed by atoms with van der Waals surface area (Å²) in [6.45, 7) is 8.82. The Morgan fingerprint density at radius 2 is 1.67 bits per heavy atom. The van der Waals surface area contributed by atoms with Gasteiger partial charge in [-0.3, -0.25) is 14.4 Å². The molecule has 0 aromatic heterocycles. The van der Waals surface area contributed by atoms with Crippen LogP contribution in [0.5, 0.6) is 0 Å². The maximum absolute atomic E-state index is 12.2. The number of hydrogen-bond donors (Lipinski definition) is 0. The van der Waals surface area contributed by atoms with Crippen molar-refractivity contribution < 1.29 is 47.5 Å². The molecule has 1 saturated carbocycles. The second kappa shape index (κ2) is 9.15. The molecule has 2 unspecified atom stereocenters. The Morgan fingerprint density at radius 1 is 1.00 bits per heavy atom. The maximum atomic E-state index is 12.2. The van der Waals surface area contributed by atoms with Gasteiger partial charge in [-0.25, -0.2) is 0 Å². The zero-order chi connectivity index (χ0) is 25.8. The quantitative estimate of drug-likeness (QED) is 0.229. The molecule has 0 aromatic rings. The molecule has 0 radical (unpaired) electrons. The van der Waals surface area contributed by atoms with E-state index in [0.29, 0.717) is 38.0 Å². The second-order valence-electron chi connectivity index (χ2n) is 10.8.